The molecule has 3 saturated carbocycles. The first kappa shape index (κ1) is 19.1. The number of ether oxygens (including phenoxy) is 1. The molecule has 0 aliphatic heterocycles. The van der Waals surface area contributed by atoms with E-state index in [1.165, 1.54) is 7.11 Å². The molecule has 136 valence electrons. The van der Waals surface area contributed by atoms with Crippen molar-refractivity contribution in [3.63, 3.8) is 0 Å². The van der Waals surface area contributed by atoms with Gasteiger partial charge in [0.05, 0.1) is 24.7 Å². The maximum absolute atomic E-state index is 12.1. The Bertz CT molecular complexity index is 486. The van der Waals surface area contributed by atoms with Crippen molar-refractivity contribution in [3.8, 4) is 0 Å². The molecule has 0 radical (unpaired) electrons. The molecule has 0 spiro atoms. The molecule has 24 heavy (non-hydrogen) atoms. The lowest BCUT2D eigenvalue weighted by Gasteiger charge is -2.52. The maximum Gasteiger partial charge on any atom is 0.311 e. The molecule has 5 heteroatoms. The van der Waals surface area contributed by atoms with Crippen LogP contribution in [0.1, 0.15) is 59.3 Å². The Morgan fingerprint density at radius 3 is 2.29 bits per heavy atom. The third-order valence-corrected chi connectivity index (χ3v) is 5.94. The molecule has 1 unspecified atom stereocenters. The molecule has 2 atom stereocenters. The van der Waals surface area contributed by atoms with Crippen LogP contribution in [0.25, 0.3) is 0 Å². The zero-order valence-corrected chi connectivity index (χ0v) is 15.5. The van der Waals surface area contributed by atoms with E-state index in [0.29, 0.717) is 6.54 Å². The molecule has 0 heterocycles. The molecular formula is C19H32N2O3. The van der Waals surface area contributed by atoms with E-state index in [1.54, 1.807) is 6.92 Å². The molecule has 3 aliphatic rings. The smallest absolute Gasteiger partial charge is 0.311 e. The maximum atomic E-state index is 12.1. The SMILES string of the molecule is C/C=C\C(CNC12CCC(C(=O)OC)(CC1)CC2)=N/[C@H](C)C(C)O. The second-order valence-electron chi connectivity index (χ2n) is 7.51. The lowest BCUT2D eigenvalue weighted by Crippen LogP contribution is -2.57. The van der Waals surface area contributed by atoms with Crippen LogP contribution in [0.5, 0.6) is 0 Å². The highest BCUT2D eigenvalue weighted by atomic mass is 16.5. The molecule has 5 nitrogen and oxygen atoms in total. The standard InChI is InChI=1S/C19H32N2O3/c1-5-6-16(21-14(2)15(3)22)13-20-19-10-7-18(8-11-19,9-12-19)17(23)24-4/h5-6,14-15,20,22H,7-13H2,1-4H3/b6-5-,21-16+/t14-,15?,18?,19?/m1/s1. The lowest BCUT2D eigenvalue weighted by molar-refractivity contribution is -0.160. The summed E-state index contributed by atoms with van der Waals surface area (Å²) in [6.45, 7) is 6.38. The summed E-state index contributed by atoms with van der Waals surface area (Å²) >= 11 is 0. The van der Waals surface area contributed by atoms with Crippen LogP contribution in [0.4, 0.5) is 0 Å². The summed E-state index contributed by atoms with van der Waals surface area (Å²) in [7, 11) is 1.49. The Morgan fingerprint density at radius 2 is 1.83 bits per heavy atom. The first-order valence-corrected chi connectivity index (χ1v) is 9.07. The topological polar surface area (TPSA) is 70.9 Å². The van der Waals surface area contributed by atoms with Gasteiger partial charge in [-0.1, -0.05) is 6.08 Å². The van der Waals surface area contributed by atoms with Crippen LogP contribution in [0.15, 0.2) is 17.1 Å². The second-order valence-corrected chi connectivity index (χ2v) is 7.51. The summed E-state index contributed by atoms with van der Waals surface area (Å²) in [4.78, 5) is 16.7. The quantitative estimate of drug-likeness (QED) is 0.554. The Labute approximate surface area is 145 Å². The fourth-order valence-corrected chi connectivity index (χ4v) is 3.96. The second kappa shape index (κ2) is 7.79. The van der Waals surface area contributed by atoms with E-state index in [0.717, 1.165) is 44.2 Å². The van der Waals surface area contributed by atoms with Crippen molar-refractivity contribution < 1.29 is 14.6 Å². The van der Waals surface area contributed by atoms with Crippen LogP contribution in [-0.2, 0) is 9.53 Å². The number of allylic oxidation sites excluding steroid dienone is 1. The summed E-state index contributed by atoms with van der Waals surface area (Å²) in [5.74, 6) is -0.0299. The van der Waals surface area contributed by atoms with Gasteiger partial charge in [-0.25, -0.2) is 0 Å². The number of methoxy groups -OCH3 is 1. The van der Waals surface area contributed by atoms with Gasteiger partial charge in [0, 0.05) is 17.8 Å². The molecule has 0 aromatic heterocycles. The fraction of sp³-hybridized carbons (Fsp3) is 0.789. The van der Waals surface area contributed by atoms with Gasteiger partial charge in [0.1, 0.15) is 0 Å². The summed E-state index contributed by atoms with van der Waals surface area (Å²) in [5.41, 5.74) is 0.849. The molecule has 3 fully saturated rings. The van der Waals surface area contributed by atoms with E-state index in [-0.39, 0.29) is 23.0 Å². The van der Waals surface area contributed by atoms with Crippen LogP contribution in [0.2, 0.25) is 0 Å². The first-order valence-electron chi connectivity index (χ1n) is 9.07. The van der Waals surface area contributed by atoms with Gasteiger partial charge in [0.15, 0.2) is 0 Å². The normalized spacial score (nSPS) is 32.8. The van der Waals surface area contributed by atoms with Gasteiger partial charge in [-0.2, -0.15) is 0 Å². The van der Waals surface area contributed by atoms with Gasteiger partial charge in [0.25, 0.3) is 0 Å². The zero-order chi connectivity index (χ0) is 17.8. The number of nitrogens with zero attached hydrogens (tertiary/aromatic N) is 1. The van der Waals surface area contributed by atoms with Crippen molar-refractivity contribution in [1.29, 1.82) is 0 Å². The first-order chi connectivity index (χ1) is 11.4. The number of rotatable bonds is 7. The van der Waals surface area contributed by atoms with E-state index >= 15 is 0 Å². The fourth-order valence-electron chi connectivity index (χ4n) is 3.96. The molecule has 2 N–H and O–H groups in total. The van der Waals surface area contributed by atoms with Gasteiger partial charge >= 0.3 is 5.97 Å². The van der Waals surface area contributed by atoms with Crippen molar-refractivity contribution in [2.24, 2.45) is 10.4 Å². The van der Waals surface area contributed by atoms with Crippen molar-refractivity contribution in [1.82, 2.24) is 5.32 Å². The number of aliphatic hydroxyl groups excluding tert-OH is 1. The van der Waals surface area contributed by atoms with Gasteiger partial charge in [0.2, 0.25) is 0 Å². The summed E-state index contributed by atoms with van der Waals surface area (Å²) in [5, 5.41) is 13.4. The number of carbonyl (C=O) groups excluding carboxylic acids is 1. The van der Waals surface area contributed by atoms with Crippen LogP contribution in [0.3, 0.4) is 0 Å². The Hall–Kier alpha value is -1.20. The minimum atomic E-state index is -0.451. The molecule has 0 amide bonds. The summed E-state index contributed by atoms with van der Waals surface area (Å²) in [6.07, 6.45) is 9.30. The Morgan fingerprint density at radius 1 is 1.25 bits per heavy atom. The number of hydrogen-bond acceptors (Lipinski definition) is 5. The number of nitrogens with one attached hydrogen (secondary N) is 1. The predicted molar refractivity (Wildman–Crippen MR) is 96.3 cm³/mol. The van der Waals surface area contributed by atoms with Crippen LogP contribution >= 0.6 is 0 Å². The van der Waals surface area contributed by atoms with Crippen LogP contribution < -0.4 is 5.32 Å². The zero-order valence-electron chi connectivity index (χ0n) is 15.5. The van der Waals surface area contributed by atoms with Crippen molar-refractivity contribution >= 4 is 11.7 Å². The number of esters is 1. The number of fused-ring (bicyclic) bond motifs is 3. The van der Waals surface area contributed by atoms with Gasteiger partial charge < -0.3 is 15.2 Å². The highest BCUT2D eigenvalue weighted by molar-refractivity contribution is 5.96. The van der Waals surface area contributed by atoms with Crippen molar-refractivity contribution in [3.05, 3.63) is 12.2 Å². The van der Waals surface area contributed by atoms with E-state index in [2.05, 4.69) is 10.3 Å². The predicted octanol–water partition coefficient (Wildman–Crippen LogP) is 2.63. The van der Waals surface area contributed by atoms with Crippen LogP contribution in [0, 0.1) is 5.41 Å². The number of carbonyl (C=O) groups is 1. The van der Waals surface area contributed by atoms with Crippen molar-refractivity contribution in [2.45, 2.75) is 77.0 Å². The van der Waals surface area contributed by atoms with E-state index in [1.807, 2.05) is 26.0 Å². The van der Waals surface area contributed by atoms with Gasteiger partial charge in [-0.15, -0.1) is 0 Å². The van der Waals surface area contributed by atoms with Gasteiger partial charge in [-0.05, 0) is 65.4 Å². The molecule has 3 aliphatic carbocycles. The minimum absolute atomic E-state index is 0.0299. The lowest BCUT2D eigenvalue weighted by atomic mass is 9.57. The summed E-state index contributed by atoms with van der Waals surface area (Å²) in [6, 6.07) is -0.111. The molecule has 0 saturated heterocycles. The third-order valence-electron chi connectivity index (χ3n) is 5.94. The van der Waals surface area contributed by atoms with E-state index < -0.39 is 6.10 Å². The van der Waals surface area contributed by atoms with Gasteiger partial charge in [-0.3, -0.25) is 9.79 Å². The molecule has 2 bridgehead atoms. The average molecular weight is 336 g/mol. The van der Waals surface area contributed by atoms with E-state index in [9.17, 15) is 9.90 Å². The Kier molecular flexibility index (Phi) is 6.21. The molecule has 0 aromatic rings. The summed E-state index contributed by atoms with van der Waals surface area (Å²) < 4.78 is 5.03. The monoisotopic (exact) mass is 336 g/mol. The Balaban J connectivity index is 1.98. The molecule has 3 rings (SSSR count). The number of hydrogen-bond donors (Lipinski definition) is 2. The molecular weight excluding hydrogens is 304 g/mol. The van der Waals surface area contributed by atoms with E-state index in [4.69, 9.17) is 4.74 Å². The third kappa shape index (κ3) is 4.06. The molecule has 0 aromatic carbocycles. The largest absolute Gasteiger partial charge is 0.469 e. The highest BCUT2D eigenvalue weighted by Gasteiger charge is 2.52. The van der Waals surface area contributed by atoms with Crippen LogP contribution in [-0.4, -0.2) is 48.1 Å². The number of aliphatic imine (C=N–C) groups is 1. The van der Waals surface area contributed by atoms with Crippen molar-refractivity contribution in [2.75, 3.05) is 13.7 Å². The highest BCUT2D eigenvalue weighted by Crippen LogP contribution is 2.52. The number of aliphatic hydroxyl groups is 1. The minimum Gasteiger partial charge on any atom is -0.469 e. The average Bonchev–Trinajstić information content (AvgIpc) is 2.60.